The Bertz CT molecular complexity index is 500. The van der Waals surface area contributed by atoms with E-state index < -0.39 is 0 Å². The van der Waals surface area contributed by atoms with Gasteiger partial charge >= 0.3 is 0 Å². The third-order valence-electron chi connectivity index (χ3n) is 3.37. The average Bonchev–Trinajstić information content (AvgIpc) is 2.39. The lowest BCUT2D eigenvalue weighted by molar-refractivity contribution is -0.118. The molecule has 0 radical (unpaired) electrons. The van der Waals surface area contributed by atoms with E-state index in [1.165, 1.54) is 0 Å². The Morgan fingerprint density at radius 1 is 1.26 bits per heavy atom. The summed E-state index contributed by atoms with van der Waals surface area (Å²) in [6.45, 7) is 5.76. The molecule has 0 saturated carbocycles. The van der Waals surface area contributed by atoms with Crippen molar-refractivity contribution in [2.45, 2.75) is 27.2 Å². The predicted molar refractivity (Wildman–Crippen MR) is 80.0 cm³/mol. The topological polar surface area (TPSA) is 49.8 Å². The highest BCUT2D eigenvalue weighted by Gasteiger charge is 2.22. The van der Waals surface area contributed by atoms with Gasteiger partial charge in [-0.25, -0.2) is 0 Å². The predicted octanol–water partition coefficient (Wildman–Crippen LogP) is 2.73. The van der Waals surface area contributed by atoms with E-state index in [2.05, 4.69) is 15.9 Å². The summed E-state index contributed by atoms with van der Waals surface area (Å²) < 4.78 is 6.44. The van der Waals surface area contributed by atoms with Crippen molar-refractivity contribution in [2.75, 3.05) is 25.7 Å². The summed E-state index contributed by atoms with van der Waals surface area (Å²) in [7, 11) is 3.30. The van der Waals surface area contributed by atoms with E-state index in [-0.39, 0.29) is 18.9 Å². The van der Waals surface area contributed by atoms with Crippen LogP contribution in [0.3, 0.4) is 0 Å². The van der Waals surface area contributed by atoms with E-state index in [0.29, 0.717) is 5.75 Å². The summed E-state index contributed by atoms with van der Waals surface area (Å²) in [5.41, 5.74) is 3.80. The SMILES string of the molecule is COc1c(C)c(C)c(Br)c(C)c1N(C)C(=O)CCO. The highest BCUT2D eigenvalue weighted by atomic mass is 79.9. The number of rotatable bonds is 4. The number of carbonyl (C=O) groups excluding carboxylic acids is 1. The molecule has 0 aromatic heterocycles. The van der Waals surface area contributed by atoms with Gasteiger partial charge in [0, 0.05) is 11.5 Å². The van der Waals surface area contributed by atoms with E-state index in [4.69, 9.17) is 9.84 Å². The minimum absolute atomic E-state index is 0.101. The van der Waals surface area contributed by atoms with Crippen molar-refractivity contribution in [2.24, 2.45) is 0 Å². The Morgan fingerprint density at radius 2 is 1.84 bits per heavy atom. The molecule has 4 nitrogen and oxygen atoms in total. The Labute approximate surface area is 122 Å². The van der Waals surface area contributed by atoms with E-state index in [1.54, 1.807) is 19.1 Å². The van der Waals surface area contributed by atoms with Crippen LogP contribution in [0.15, 0.2) is 4.47 Å². The molecule has 1 aromatic rings. The standard InChI is InChI=1S/C14H20BrNO3/c1-8-9(2)14(19-5)13(10(3)12(8)15)16(4)11(18)6-7-17/h17H,6-7H2,1-5H3. The average molecular weight is 330 g/mol. The number of aliphatic hydroxyl groups is 1. The number of aliphatic hydroxyl groups excluding tert-OH is 1. The zero-order valence-electron chi connectivity index (χ0n) is 12.0. The minimum atomic E-state index is -0.156. The van der Waals surface area contributed by atoms with E-state index >= 15 is 0 Å². The van der Waals surface area contributed by atoms with Crippen molar-refractivity contribution in [1.82, 2.24) is 0 Å². The van der Waals surface area contributed by atoms with Crippen molar-refractivity contribution in [3.8, 4) is 5.75 Å². The molecule has 0 fully saturated rings. The third kappa shape index (κ3) is 2.92. The molecule has 0 aliphatic rings. The van der Waals surface area contributed by atoms with Crippen molar-refractivity contribution < 1.29 is 14.6 Å². The summed E-state index contributed by atoms with van der Waals surface area (Å²) in [6.07, 6.45) is 0.101. The second kappa shape index (κ2) is 6.39. The van der Waals surface area contributed by atoms with Crippen LogP contribution in [0, 0.1) is 20.8 Å². The van der Waals surface area contributed by atoms with Crippen LogP contribution in [0.2, 0.25) is 0 Å². The minimum Gasteiger partial charge on any atom is -0.494 e. The fourth-order valence-corrected chi connectivity index (χ4v) is 2.59. The molecule has 1 aromatic carbocycles. The first kappa shape index (κ1) is 16.0. The van der Waals surface area contributed by atoms with Crippen molar-refractivity contribution in [3.05, 3.63) is 21.2 Å². The lowest BCUT2D eigenvalue weighted by Gasteiger charge is -2.25. The summed E-state index contributed by atoms with van der Waals surface area (Å²) in [5, 5.41) is 8.89. The lowest BCUT2D eigenvalue weighted by Crippen LogP contribution is -2.28. The van der Waals surface area contributed by atoms with Gasteiger partial charge in [0.25, 0.3) is 0 Å². The molecule has 0 atom stereocenters. The molecule has 5 heteroatoms. The van der Waals surface area contributed by atoms with Crippen LogP contribution in [0.4, 0.5) is 5.69 Å². The Balaban J connectivity index is 3.45. The maximum Gasteiger partial charge on any atom is 0.229 e. The summed E-state index contributed by atoms with van der Waals surface area (Å²) in [6, 6.07) is 0. The van der Waals surface area contributed by atoms with Gasteiger partial charge < -0.3 is 14.7 Å². The van der Waals surface area contributed by atoms with Crippen LogP contribution >= 0.6 is 15.9 Å². The van der Waals surface area contributed by atoms with Gasteiger partial charge in [0.2, 0.25) is 5.91 Å². The van der Waals surface area contributed by atoms with Crippen molar-refractivity contribution >= 4 is 27.5 Å². The normalized spacial score (nSPS) is 10.5. The first-order chi connectivity index (χ1) is 8.86. The van der Waals surface area contributed by atoms with Crippen LogP contribution in [0.5, 0.6) is 5.75 Å². The number of nitrogens with zero attached hydrogens (tertiary/aromatic N) is 1. The van der Waals surface area contributed by atoms with Gasteiger partial charge in [-0.1, -0.05) is 15.9 Å². The highest BCUT2D eigenvalue weighted by Crippen LogP contribution is 2.41. The molecule has 0 aliphatic carbocycles. The Kier molecular flexibility index (Phi) is 5.38. The summed E-state index contributed by atoms with van der Waals surface area (Å²) in [5.74, 6) is 0.561. The number of amides is 1. The van der Waals surface area contributed by atoms with Gasteiger partial charge in [0.1, 0.15) is 5.75 Å². The molecule has 19 heavy (non-hydrogen) atoms. The summed E-state index contributed by atoms with van der Waals surface area (Å²) >= 11 is 3.56. The molecule has 1 rings (SSSR count). The molecule has 0 spiro atoms. The number of hydrogen-bond acceptors (Lipinski definition) is 3. The zero-order valence-corrected chi connectivity index (χ0v) is 13.6. The van der Waals surface area contributed by atoms with Crippen molar-refractivity contribution in [1.29, 1.82) is 0 Å². The quantitative estimate of drug-likeness (QED) is 0.923. The number of methoxy groups -OCH3 is 1. The summed E-state index contributed by atoms with van der Waals surface area (Å²) in [4.78, 5) is 13.5. The molecule has 1 N–H and O–H groups in total. The highest BCUT2D eigenvalue weighted by molar-refractivity contribution is 9.10. The van der Waals surface area contributed by atoms with Crippen LogP contribution in [0.1, 0.15) is 23.1 Å². The first-order valence-corrected chi connectivity index (χ1v) is 6.86. The molecular formula is C14H20BrNO3. The molecule has 0 heterocycles. The van der Waals surface area contributed by atoms with E-state index in [9.17, 15) is 4.79 Å². The van der Waals surface area contributed by atoms with Crippen LogP contribution in [-0.4, -0.2) is 31.8 Å². The number of ether oxygens (including phenoxy) is 1. The number of hydrogen-bond donors (Lipinski definition) is 1. The molecule has 0 aliphatic heterocycles. The molecule has 0 unspecified atom stereocenters. The van der Waals surface area contributed by atoms with Gasteiger partial charge in [-0.15, -0.1) is 0 Å². The Hall–Kier alpha value is -1.07. The van der Waals surface area contributed by atoms with Gasteiger partial charge in [0.05, 0.1) is 25.8 Å². The third-order valence-corrected chi connectivity index (χ3v) is 4.56. The van der Waals surface area contributed by atoms with Crippen LogP contribution in [0.25, 0.3) is 0 Å². The second-order valence-corrected chi connectivity index (χ2v) is 5.29. The maximum absolute atomic E-state index is 12.0. The van der Waals surface area contributed by atoms with Gasteiger partial charge in [-0.05, 0) is 37.5 Å². The fourth-order valence-electron chi connectivity index (χ4n) is 2.11. The number of anilines is 1. The largest absolute Gasteiger partial charge is 0.494 e. The number of benzene rings is 1. The van der Waals surface area contributed by atoms with Crippen molar-refractivity contribution in [3.63, 3.8) is 0 Å². The van der Waals surface area contributed by atoms with Gasteiger partial charge in [-0.3, -0.25) is 4.79 Å². The zero-order chi connectivity index (χ0) is 14.7. The molecule has 1 amide bonds. The van der Waals surface area contributed by atoms with Crippen LogP contribution < -0.4 is 9.64 Å². The molecular weight excluding hydrogens is 310 g/mol. The molecule has 0 saturated heterocycles. The fraction of sp³-hybridized carbons (Fsp3) is 0.500. The van der Waals surface area contributed by atoms with Crippen LogP contribution in [-0.2, 0) is 4.79 Å². The molecule has 106 valence electrons. The maximum atomic E-state index is 12.0. The monoisotopic (exact) mass is 329 g/mol. The van der Waals surface area contributed by atoms with E-state index in [1.807, 2.05) is 20.8 Å². The lowest BCUT2D eigenvalue weighted by atomic mass is 10.0. The Morgan fingerprint density at radius 3 is 2.32 bits per heavy atom. The first-order valence-electron chi connectivity index (χ1n) is 6.07. The van der Waals surface area contributed by atoms with Gasteiger partial charge in [0.15, 0.2) is 0 Å². The molecule has 0 bridgehead atoms. The second-order valence-electron chi connectivity index (χ2n) is 4.50. The number of halogens is 1. The van der Waals surface area contributed by atoms with E-state index in [0.717, 1.165) is 26.9 Å². The number of carbonyl (C=O) groups is 1. The smallest absolute Gasteiger partial charge is 0.229 e. The van der Waals surface area contributed by atoms with Gasteiger partial charge in [-0.2, -0.15) is 0 Å².